The SMILES string of the molecule is Cc1cc(F)ccc1-c1sc(N(C)[C@H]2CC[C@H](CC(=O)O)CC2)c(C#N)c1N(C)C(=O)C(C)(C)c1cc(C(F)(F)F)cc(C(F)(F)F)c1. The average Bonchev–Trinajstić information content (AvgIpc) is 3.38. The summed E-state index contributed by atoms with van der Waals surface area (Å²) in [6, 6.07) is 7.05. The van der Waals surface area contributed by atoms with Crippen LogP contribution in [0.15, 0.2) is 36.4 Å². The van der Waals surface area contributed by atoms with Crippen molar-refractivity contribution in [1.29, 1.82) is 5.26 Å². The van der Waals surface area contributed by atoms with Crippen LogP contribution in [0.3, 0.4) is 0 Å². The minimum Gasteiger partial charge on any atom is -0.481 e. The zero-order valence-electron chi connectivity index (χ0n) is 26.8. The van der Waals surface area contributed by atoms with Gasteiger partial charge >= 0.3 is 18.3 Å². The highest BCUT2D eigenvalue weighted by Gasteiger charge is 2.42. The third-order valence-corrected chi connectivity index (χ3v) is 10.3. The second-order valence-electron chi connectivity index (χ2n) is 12.7. The van der Waals surface area contributed by atoms with Gasteiger partial charge < -0.3 is 14.9 Å². The van der Waals surface area contributed by atoms with Crippen molar-refractivity contribution in [2.75, 3.05) is 23.9 Å². The van der Waals surface area contributed by atoms with Gasteiger partial charge in [-0.2, -0.15) is 31.6 Å². The van der Waals surface area contributed by atoms with Gasteiger partial charge in [0.2, 0.25) is 5.91 Å². The molecule has 0 spiro atoms. The Morgan fingerprint density at radius 3 is 1.96 bits per heavy atom. The molecule has 1 aliphatic carbocycles. The van der Waals surface area contributed by atoms with Crippen LogP contribution in [0.2, 0.25) is 0 Å². The molecule has 1 aromatic heterocycles. The van der Waals surface area contributed by atoms with E-state index < -0.39 is 52.2 Å². The summed E-state index contributed by atoms with van der Waals surface area (Å²) in [4.78, 5) is 28.8. The second-order valence-corrected chi connectivity index (χ2v) is 13.7. The maximum Gasteiger partial charge on any atom is 0.416 e. The van der Waals surface area contributed by atoms with E-state index in [4.69, 9.17) is 0 Å². The quantitative estimate of drug-likeness (QED) is 0.238. The minimum atomic E-state index is -5.12. The number of carbonyl (C=O) groups excluding carboxylic acids is 1. The van der Waals surface area contributed by atoms with Crippen molar-refractivity contribution < 1.29 is 45.4 Å². The Bertz CT molecular complexity index is 1720. The first-order valence-electron chi connectivity index (χ1n) is 15.0. The predicted octanol–water partition coefficient (Wildman–Crippen LogP) is 9.18. The van der Waals surface area contributed by atoms with E-state index >= 15 is 0 Å². The van der Waals surface area contributed by atoms with Crippen molar-refractivity contribution in [2.45, 2.75) is 76.7 Å². The first kappa shape index (κ1) is 36.7. The Kier molecular flexibility index (Phi) is 10.3. The molecule has 1 fully saturated rings. The highest BCUT2D eigenvalue weighted by atomic mass is 32.1. The van der Waals surface area contributed by atoms with Crippen LogP contribution in [-0.4, -0.2) is 37.1 Å². The summed E-state index contributed by atoms with van der Waals surface area (Å²) in [6.07, 6.45) is -7.63. The van der Waals surface area contributed by atoms with Gasteiger partial charge in [0.25, 0.3) is 0 Å². The van der Waals surface area contributed by atoms with Gasteiger partial charge in [0.15, 0.2) is 0 Å². The molecule has 258 valence electrons. The Balaban J connectivity index is 1.84. The molecule has 0 saturated heterocycles. The number of halogens is 7. The van der Waals surface area contributed by atoms with Crippen molar-refractivity contribution in [3.05, 3.63) is 70.0 Å². The number of hydrogen-bond acceptors (Lipinski definition) is 5. The Morgan fingerprint density at radius 1 is 0.938 bits per heavy atom. The fourth-order valence-corrected chi connectivity index (χ4v) is 7.66. The second kappa shape index (κ2) is 13.4. The summed E-state index contributed by atoms with van der Waals surface area (Å²) in [5.41, 5.74) is -4.49. The molecule has 14 heteroatoms. The van der Waals surface area contributed by atoms with Crippen molar-refractivity contribution in [3.8, 4) is 16.5 Å². The number of nitriles is 1. The topological polar surface area (TPSA) is 84.6 Å². The number of benzene rings is 2. The van der Waals surface area contributed by atoms with Crippen LogP contribution in [0, 0.1) is 30.0 Å². The van der Waals surface area contributed by atoms with E-state index in [0.717, 1.165) is 16.2 Å². The number of hydrogen-bond donors (Lipinski definition) is 1. The highest BCUT2D eigenvalue weighted by Crippen LogP contribution is 2.50. The fourth-order valence-electron chi connectivity index (χ4n) is 6.25. The standard InChI is InChI=1S/C34H34F7N3O3S/c1-18-12-23(35)8-11-25(18)29-28(26(17-42)30(48-29)43(4)24-9-6-19(7-10-24)13-27(45)46)44(5)31(47)32(2,3)20-14-21(33(36,37)38)16-22(15-20)34(39,40)41/h8,11-12,14-16,19,24H,6-7,9-10,13H2,1-5H3,(H,45,46)/t19-,24-. The summed E-state index contributed by atoms with van der Waals surface area (Å²) in [5.74, 6) is -2.27. The van der Waals surface area contributed by atoms with Crippen LogP contribution in [-0.2, 0) is 27.4 Å². The van der Waals surface area contributed by atoms with E-state index in [1.54, 1.807) is 14.0 Å². The van der Waals surface area contributed by atoms with Gasteiger partial charge in [0.1, 0.15) is 22.5 Å². The molecule has 0 unspecified atom stereocenters. The molecule has 2 aromatic carbocycles. The Labute approximate surface area is 277 Å². The minimum absolute atomic E-state index is 0.00685. The molecule has 6 nitrogen and oxygen atoms in total. The summed E-state index contributed by atoms with van der Waals surface area (Å²) >= 11 is 1.16. The lowest BCUT2D eigenvalue weighted by Gasteiger charge is -2.35. The highest BCUT2D eigenvalue weighted by molar-refractivity contribution is 7.20. The van der Waals surface area contributed by atoms with Gasteiger partial charge in [-0.05, 0) is 99.4 Å². The van der Waals surface area contributed by atoms with Gasteiger partial charge in [-0.25, -0.2) is 4.39 Å². The molecule has 4 rings (SSSR count). The normalized spacial score (nSPS) is 17.1. The largest absolute Gasteiger partial charge is 0.481 e. The maximum atomic E-state index is 14.2. The number of carboxylic acid groups (broad SMARTS) is 1. The monoisotopic (exact) mass is 697 g/mol. The number of amides is 1. The molecule has 0 bridgehead atoms. The molecule has 0 radical (unpaired) electrons. The number of rotatable bonds is 8. The number of aryl methyl sites for hydroxylation is 1. The predicted molar refractivity (Wildman–Crippen MR) is 168 cm³/mol. The summed E-state index contributed by atoms with van der Waals surface area (Å²) in [5, 5.41) is 20.1. The lowest BCUT2D eigenvalue weighted by Crippen LogP contribution is -2.42. The summed E-state index contributed by atoms with van der Waals surface area (Å²) in [6.45, 7) is 4.06. The van der Waals surface area contributed by atoms with E-state index in [1.807, 2.05) is 4.90 Å². The van der Waals surface area contributed by atoms with E-state index in [1.165, 1.54) is 39.1 Å². The van der Waals surface area contributed by atoms with Crippen LogP contribution >= 0.6 is 11.3 Å². The number of nitrogens with zero attached hydrogens (tertiary/aromatic N) is 3. The molecule has 3 aromatic rings. The van der Waals surface area contributed by atoms with Crippen LogP contribution in [0.25, 0.3) is 10.4 Å². The van der Waals surface area contributed by atoms with Gasteiger partial charge in [-0.3, -0.25) is 9.59 Å². The lowest BCUT2D eigenvalue weighted by molar-refractivity contribution is -0.143. The Hall–Kier alpha value is -4.12. The zero-order chi connectivity index (χ0) is 35.9. The third-order valence-electron chi connectivity index (χ3n) is 9.04. The van der Waals surface area contributed by atoms with Crippen molar-refractivity contribution in [2.24, 2.45) is 5.92 Å². The van der Waals surface area contributed by atoms with E-state index in [9.17, 15) is 50.7 Å². The molecular weight excluding hydrogens is 663 g/mol. The number of carboxylic acids is 1. The molecule has 1 saturated carbocycles. The molecule has 1 heterocycles. The van der Waals surface area contributed by atoms with Crippen LogP contribution in [0.5, 0.6) is 0 Å². The van der Waals surface area contributed by atoms with Gasteiger partial charge in [0.05, 0.1) is 27.1 Å². The Morgan fingerprint density at radius 2 is 1.48 bits per heavy atom. The molecule has 1 aliphatic rings. The maximum absolute atomic E-state index is 14.2. The zero-order valence-corrected chi connectivity index (χ0v) is 27.6. The van der Waals surface area contributed by atoms with Gasteiger partial charge in [-0.1, -0.05) is 6.07 Å². The van der Waals surface area contributed by atoms with Crippen LogP contribution in [0.1, 0.15) is 73.8 Å². The van der Waals surface area contributed by atoms with Crippen LogP contribution in [0.4, 0.5) is 41.4 Å². The smallest absolute Gasteiger partial charge is 0.416 e. The number of aliphatic carboxylic acids is 1. The van der Waals surface area contributed by atoms with Crippen molar-refractivity contribution in [1.82, 2.24) is 0 Å². The number of likely N-dealkylation sites (N-methyl/N-ethyl adjacent to an activating group) is 1. The van der Waals surface area contributed by atoms with E-state index in [2.05, 4.69) is 6.07 Å². The molecule has 0 atom stereocenters. The van der Waals surface area contributed by atoms with E-state index in [-0.39, 0.29) is 35.7 Å². The molecule has 48 heavy (non-hydrogen) atoms. The number of anilines is 2. The molecule has 1 N–H and O–H groups in total. The number of thiophene rings is 1. The van der Waals surface area contributed by atoms with Crippen molar-refractivity contribution in [3.63, 3.8) is 0 Å². The first-order chi connectivity index (χ1) is 22.2. The number of alkyl halides is 6. The first-order valence-corrected chi connectivity index (χ1v) is 15.8. The van der Waals surface area contributed by atoms with Gasteiger partial charge in [-0.15, -0.1) is 11.3 Å². The fraction of sp³-hybridized carbons (Fsp3) is 0.441. The average molecular weight is 698 g/mol. The summed E-state index contributed by atoms with van der Waals surface area (Å²) in [7, 11) is 3.07. The van der Waals surface area contributed by atoms with Crippen molar-refractivity contribution >= 4 is 33.9 Å². The van der Waals surface area contributed by atoms with E-state index in [0.29, 0.717) is 58.8 Å². The van der Waals surface area contributed by atoms with Crippen LogP contribution < -0.4 is 9.80 Å². The third kappa shape index (κ3) is 7.46. The molecule has 0 aliphatic heterocycles. The van der Waals surface area contributed by atoms with Gasteiger partial charge in [0, 0.05) is 26.6 Å². The summed E-state index contributed by atoms with van der Waals surface area (Å²) < 4.78 is 96.4. The lowest BCUT2D eigenvalue weighted by atomic mass is 9.81. The molecular formula is C34H34F7N3O3S. The molecule has 1 amide bonds. The number of carbonyl (C=O) groups is 2.